The van der Waals surface area contributed by atoms with Crippen LogP contribution in [0.1, 0.15) is 75.9 Å². The first-order valence-electron chi connectivity index (χ1n) is 14.8. The lowest BCUT2D eigenvalue weighted by molar-refractivity contribution is -0.139. The van der Waals surface area contributed by atoms with Gasteiger partial charge in [-0.15, -0.1) is 0 Å². The van der Waals surface area contributed by atoms with Crippen molar-refractivity contribution in [1.29, 1.82) is 0 Å². The lowest BCUT2D eigenvalue weighted by Crippen LogP contribution is -2.52. The van der Waals surface area contributed by atoms with Crippen LogP contribution in [-0.2, 0) is 4.79 Å². The minimum Gasteiger partial charge on any atom is -0.480 e. The third kappa shape index (κ3) is 4.42. The number of carbonyl (C=O) groups is 1. The van der Waals surface area contributed by atoms with Gasteiger partial charge in [-0.1, -0.05) is 37.5 Å². The molecule has 39 heavy (non-hydrogen) atoms. The fourth-order valence-electron chi connectivity index (χ4n) is 8.74. The molecular weight excluding hydrogens is 492 g/mol. The molecule has 4 heterocycles. The molecule has 8 heteroatoms. The summed E-state index contributed by atoms with van der Waals surface area (Å²) in [6.07, 6.45) is 16.4. The lowest BCUT2D eigenvalue weighted by atomic mass is 9.69. The molecule has 1 aromatic heterocycles. The van der Waals surface area contributed by atoms with Gasteiger partial charge in [-0.25, -0.2) is 4.98 Å². The van der Waals surface area contributed by atoms with Crippen LogP contribution >= 0.6 is 0 Å². The standard InChI is InChI=1S/C31H38N4O4/c36-28-10-4-9-27(33(28)18-29(37)38)30-31(39)35(26-8-2-1-7-25(26)32-30)24-16-21-11-12-22(17-24)34(21)23-14-19-5-3-6-20(13-19)15-23/h1-2,4,7-10,19-24,28,36H,3,5-6,11-18H2,(H,37,38). The molecule has 1 aromatic carbocycles. The minimum absolute atomic E-state index is 0.0681. The van der Waals surface area contributed by atoms with Gasteiger partial charge in [0.25, 0.3) is 5.56 Å². The Labute approximate surface area is 228 Å². The van der Waals surface area contributed by atoms with Crippen molar-refractivity contribution in [3.63, 3.8) is 0 Å². The van der Waals surface area contributed by atoms with E-state index in [0.717, 1.165) is 30.2 Å². The molecule has 2 N–H and O–H groups in total. The van der Waals surface area contributed by atoms with E-state index in [-0.39, 0.29) is 17.3 Å². The van der Waals surface area contributed by atoms with Crippen molar-refractivity contribution >= 4 is 22.7 Å². The van der Waals surface area contributed by atoms with Crippen molar-refractivity contribution in [2.45, 2.75) is 94.6 Å². The number of aliphatic carboxylic acids is 1. The van der Waals surface area contributed by atoms with E-state index in [1.165, 1.54) is 62.3 Å². The zero-order valence-electron chi connectivity index (χ0n) is 22.4. The second-order valence-corrected chi connectivity index (χ2v) is 12.5. The highest BCUT2D eigenvalue weighted by Crippen LogP contribution is 2.48. The second kappa shape index (κ2) is 9.89. The number of aliphatic hydroxyl groups excluding tert-OH is 1. The maximum Gasteiger partial charge on any atom is 0.323 e. The Morgan fingerprint density at radius 3 is 2.36 bits per heavy atom. The first-order valence-corrected chi connectivity index (χ1v) is 14.8. The molecule has 2 aliphatic carbocycles. The number of carboxylic acids is 1. The van der Waals surface area contributed by atoms with Crippen molar-refractivity contribution < 1.29 is 15.0 Å². The van der Waals surface area contributed by atoms with Gasteiger partial charge in [0, 0.05) is 24.2 Å². The third-order valence-electron chi connectivity index (χ3n) is 10.2. The molecule has 0 spiro atoms. The zero-order valence-corrected chi connectivity index (χ0v) is 22.4. The van der Waals surface area contributed by atoms with E-state index in [2.05, 4.69) is 4.90 Å². The molecule has 5 aliphatic rings. The van der Waals surface area contributed by atoms with E-state index in [1.54, 1.807) is 12.2 Å². The van der Waals surface area contributed by atoms with Crippen LogP contribution in [0.25, 0.3) is 16.7 Å². The van der Waals surface area contributed by atoms with Crippen LogP contribution in [0.2, 0.25) is 0 Å². The molecule has 2 aromatic rings. The third-order valence-corrected chi connectivity index (χ3v) is 10.2. The van der Waals surface area contributed by atoms with E-state index >= 15 is 0 Å². The second-order valence-electron chi connectivity index (χ2n) is 12.5. The van der Waals surface area contributed by atoms with Gasteiger partial charge in [0.15, 0.2) is 5.69 Å². The Bertz CT molecular complexity index is 1370. The first kappa shape index (κ1) is 25.0. The number of piperidine rings is 1. The first-order chi connectivity index (χ1) is 19.0. The van der Waals surface area contributed by atoms with Crippen LogP contribution in [0, 0.1) is 11.8 Å². The SMILES string of the molecule is O=C(O)CN1C(c2nc3ccccc3n(C3CC4CCC(C3)N4C3CC4CCCC(C4)C3)c2=O)=CC=CC1O. The largest absolute Gasteiger partial charge is 0.480 e. The number of hydrogen-bond donors (Lipinski definition) is 2. The summed E-state index contributed by atoms with van der Waals surface area (Å²) in [5, 5.41) is 20.0. The van der Waals surface area contributed by atoms with Crippen molar-refractivity contribution in [2.24, 2.45) is 11.8 Å². The van der Waals surface area contributed by atoms with Gasteiger partial charge in [-0.05, 0) is 81.1 Å². The highest BCUT2D eigenvalue weighted by Gasteiger charge is 2.47. The average molecular weight is 531 g/mol. The van der Waals surface area contributed by atoms with Crippen LogP contribution in [0.5, 0.6) is 0 Å². The fraction of sp³-hybridized carbons (Fsp3) is 0.581. The van der Waals surface area contributed by atoms with Gasteiger partial charge in [0.05, 0.1) is 16.7 Å². The van der Waals surface area contributed by atoms with Gasteiger partial charge in [0.2, 0.25) is 0 Å². The molecule has 4 bridgehead atoms. The number of aromatic nitrogens is 2. The predicted molar refractivity (Wildman–Crippen MR) is 149 cm³/mol. The maximum atomic E-state index is 14.2. The van der Waals surface area contributed by atoms with Crippen LogP contribution in [0.4, 0.5) is 0 Å². The van der Waals surface area contributed by atoms with Gasteiger partial charge < -0.3 is 19.7 Å². The molecule has 4 fully saturated rings. The number of nitrogens with zero attached hydrogens (tertiary/aromatic N) is 4. The van der Waals surface area contributed by atoms with E-state index in [0.29, 0.717) is 29.3 Å². The average Bonchev–Trinajstić information content (AvgIpc) is 3.18. The van der Waals surface area contributed by atoms with Gasteiger partial charge in [-0.2, -0.15) is 0 Å². The molecule has 0 amide bonds. The van der Waals surface area contributed by atoms with Crippen molar-refractivity contribution in [3.8, 4) is 0 Å². The molecule has 7 rings (SSSR count). The summed E-state index contributed by atoms with van der Waals surface area (Å²) in [5.74, 6) is 0.721. The van der Waals surface area contributed by atoms with Crippen LogP contribution in [-0.4, -0.2) is 66.4 Å². The molecule has 5 unspecified atom stereocenters. The monoisotopic (exact) mass is 530 g/mol. The summed E-state index contributed by atoms with van der Waals surface area (Å²) in [5.41, 5.74) is 1.89. The van der Waals surface area contributed by atoms with E-state index in [1.807, 2.05) is 28.8 Å². The van der Waals surface area contributed by atoms with E-state index in [4.69, 9.17) is 4.98 Å². The number of carboxylic acid groups (broad SMARTS) is 1. The Hall–Kier alpha value is -2.97. The van der Waals surface area contributed by atoms with Gasteiger partial charge in [0.1, 0.15) is 12.8 Å². The molecule has 2 saturated heterocycles. The van der Waals surface area contributed by atoms with Crippen LogP contribution < -0.4 is 5.56 Å². The fourth-order valence-corrected chi connectivity index (χ4v) is 8.74. The van der Waals surface area contributed by atoms with Crippen molar-refractivity contribution in [2.75, 3.05) is 6.54 Å². The molecule has 0 radical (unpaired) electrons. The van der Waals surface area contributed by atoms with E-state index < -0.39 is 18.7 Å². The van der Waals surface area contributed by atoms with Crippen LogP contribution in [0.3, 0.4) is 0 Å². The summed E-state index contributed by atoms with van der Waals surface area (Å²) in [7, 11) is 0. The summed E-state index contributed by atoms with van der Waals surface area (Å²) in [6, 6.07) is 9.52. The number of aliphatic hydroxyl groups is 1. The predicted octanol–water partition coefficient (Wildman–Crippen LogP) is 4.15. The maximum absolute atomic E-state index is 14.2. The summed E-state index contributed by atoms with van der Waals surface area (Å²) in [6.45, 7) is -0.419. The summed E-state index contributed by atoms with van der Waals surface area (Å²) >= 11 is 0. The zero-order chi connectivity index (χ0) is 26.7. The topological polar surface area (TPSA) is 98.9 Å². The highest BCUT2D eigenvalue weighted by molar-refractivity contribution is 5.79. The number of fused-ring (bicyclic) bond motifs is 5. The molecule has 5 atom stereocenters. The van der Waals surface area contributed by atoms with Gasteiger partial charge in [-0.3, -0.25) is 14.5 Å². The van der Waals surface area contributed by atoms with Crippen molar-refractivity contribution in [1.82, 2.24) is 19.4 Å². The Morgan fingerprint density at radius 2 is 1.64 bits per heavy atom. The molecular formula is C31H38N4O4. The van der Waals surface area contributed by atoms with E-state index in [9.17, 15) is 19.8 Å². The molecule has 206 valence electrons. The van der Waals surface area contributed by atoms with Crippen molar-refractivity contribution in [3.05, 3.63) is 58.5 Å². The molecule has 8 nitrogen and oxygen atoms in total. The number of para-hydroxylation sites is 2. The lowest BCUT2D eigenvalue weighted by Gasteiger charge is -2.49. The quantitative estimate of drug-likeness (QED) is 0.599. The number of allylic oxidation sites excluding steroid dienone is 2. The van der Waals surface area contributed by atoms with Gasteiger partial charge >= 0.3 is 5.97 Å². The van der Waals surface area contributed by atoms with Crippen LogP contribution in [0.15, 0.2) is 47.3 Å². The minimum atomic E-state index is -1.13. The normalized spacial score (nSPS) is 34.3. The Morgan fingerprint density at radius 1 is 0.923 bits per heavy atom. The molecule has 2 saturated carbocycles. The Balaban J connectivity index is 1.24. The smallest absolute Gasteiger partial charge is 0.323 e. The summed E-state index contributed by atoms with van der Waals surface area (Å²) in [4.78, 5) is 34.8. The molecule has 3 aliphatic heterocycles. The highest BCUT2D eigenvalue weighted by atomic mass is 16.4. The summed E-state index contributed by atoms with van der Waals surface area (Å²) < 4.78 is 1.94. The number of benzene rings is 1. The number of hydrogen-bond acceptors (Lipinski definition) is 6. The Kier molecular flexibility index (Phi) is 6.35. The number of rotatable bonds is 5.